The molecule has 0 saturated heterocycles. The van der Waals surface area contributed by atoms with Gasteiger partial charge in [-0.25, -0.2) is 9.97 Å². The predicted octanol–water partition coefficient (Wildman–Crippen LogP) is 12.0. The van der Waals surface area contributed by atoms with Crippen molar-refractivity contribution in [3.05, 3.63) is 158 Å². The van der Waals surface area contributed by atoms with Gasteiger partial charge < -0.3 is 4.42 Å². The molecule has 0 fully saturated rings. The number of furan rings is 1. The van der Waals surface area contributed by atoms with Crippen molar-refractivity contribution in [1.82, 2.24) is 9.97 Å². The Morgan fingerprint density at radius 2 is 0.894 bits per heavy atom. The summed E-state index contributed by atoms with van der Waals surface area (Å²) in [5, 5.41) is 11.7. The normalized spacial score (nSPS) is 11.8. The largest absolute Gasteiger partial charge is 0.455 e. The lowest BCUT2D eigenvalue weighted by Crippen LogP contribution is -1.96. The van der Waals surface area contributed by atoms with Crippen LogP contribution in [0.15, 0.2) is 162 Å². The number of nitrogens with zero attached hydrogens (tertiary/aromatic N) is 2. The summed E-state index contributed by atoms with van der Waals surface area (Å²) in [7, 11) is 0. The molecule has 0 aliphatic heterocycles. The van der Waals surface area contributed by atoms with E-state index in [9.17, 15) is 0 Å². The van der Waals surface area contributed by atoms with Crippen LogP contribution in [-0.2, 0) is 0 Å². The second-order valence-electron chi connectivity index (χ2n) is 12.1. The van der Waals surface area contributed by atoms with Gasteiger partial charge >= 0.3 is 0 Å². The summed E-state index contributed by atoms with van der Waals surface area (Å²) in [6.07, 6.45) is 0. The number of aromatic nitrogens is 2. The molecule has 0 atom stereocenters. The van der Waals surface area contributed by atoms with Crippen LogP contribution >= 0.6 is 0 Å². The van der Waals surface area contributed by atoms with Crippen molar-refractivity contribution in [3.63, 3.8) is 0 Å². The molecule has 10 aromatic rings. The van der Waals surface area contributed by atoms with Gasteiger partial charge in [0, 0.05) is 38.2 Å². The molecular formula is C44H26N2O. The van der Waals surface area contributed by atoms with Crippen LogP contribution in [0.25, 0.3) is 98.9 Å². The van der Waals surface area contributed by atoms with Gasteiger partial charge in [-0.1, -0.05) is 133 Å². The van der Waals surface area contributed by atoms with Gasteiger partial charge in [-0.15, -0.1) is 0 Å². The van der Waals surface area contributed by atoms with Gasteiger partial charge in [-0.05, 0) is 56.6 Å². The Morgan fingerprint density at radius 3 is 1.70 bits per heavy atom. The Morgan fingerprint density at radius 1 is 0.340 bits per heavy atom. The van der Waals surface area contributed by atoms with Crippen LogP contribution in [-0.4, -0.2) is 9.97 Å². The average Bonchev–Trinajstić information content (AvgIpc) is 3.54. The molecule has 0 aliphatic rings. The maximum Gasteiger partial charge on any atom is 0.160 e. The number of rotatable bonds is 3. The summed E-state index contributed by atoms with van der Waals surface area (Å²) in [6, 6.07) is 55.4. The molecule has 0 aliphatic carbocycles. The van der Waals surface area contributed by atoms with Crippen molar-refractivity contribution in [2.45, 2.75) is 0 Å². The molecule has 0 N–H and O–H groups in total. The van der Waals surface area contributed by atoms with Crippen molar-refractivity contribution in [2.75, 3.05) is 0 Å². The summed E-state index contributed by atoms with van der Waals surface area (Å²) >= 11 is 0. The van der Waals surface area contributed by atoms with Gasteiger partial charge in [0.25, 0.3) is 0 Å². The van der Waals surface area contributed by atoms with Crippen LogP contribution in [0.2, 0.25) is 0 Å². The Hall–Kier alpha value is -6.32. The van der Waals surface area contributed by atoms with Crippen LogP contribution in [0, 0.1) is 0 Å². The lowest BCUT2D eigenvalue weighted by atomic mass is 9.91. The van der Waals surface area contributed by atoms with E-state index >= 15 is 0 Å². The van der Waals surface area contributed by atoms with Crippen LogP contribution in [0.1, 0.15) is 0 Å². The van der Waals surface area contributed by atoms with E-state index in [1.165, 1.54) is 32.3 Å². The lowest BCUT2D eigenvalue weighted by molar-refractivity contribution is 0.677. The van der Waals surface area contributed by atoms with Gasteiger partial charge in [-0.2, -0.15) is 0 Å². The fourth-order valence-corrected chi connectivity index (χ4v) is 7.23. The second-order valence-corrected chi connectivity index (χ2v) is 12.1. The SMILES string of the molecule is c1ccc(-c2cc(-c3ccc4c(c3)c3ccccc3c3c4ccc4c5ccc6ccccc6c5oc43)nc(-c3ccccc3)n2)cc1. The number of hydrogen-bond donors (Lipinski definition) is 0. The molecule has 10 rings (SSSR count). The van der Waals surface area contributed by atoms with Gasteiger partial charge in [0.15, 0.2) is 5.82 Å². The van der Waals surface area contributed by atoms with Crippen LogP contribution in [0.5, 0.6) is 0 Å². The van der Waals surface area contributed by atoms with Crippen LogP contribution in [0.3, 0.4) is 0 Å². The van der Waals surface area contributed by atoms with E-state index < -0.39 is 0 Å². The van der Waals surface area contributed by atoms with Gasteiger partial charge in [0.05, 0.1) is 11.4 Å². The third-order valence-electron chi connectivity index (χ3n) is 9.45. The zero-order valence-corrected chi connectivity index (χ0v) is 25.3. The minimum atomic E-state index is 0.713. The molecule has 0 unspecified atom stereocenters. The molecule has 0 amide bonds. The third-order valence-corrected chi connectivity index (χ3v) is 9.45. The molecule has 3 heteroatoms. The average molecular weight is 599 g/mol. The zero-order valence-electron chi connectivity index (χ0n) is 25.3. The maximum absolute atomic E-state index is 6.82. The Balaban J connectivity index is 1.25. The highest BCUT2D eigenvalue weighted by Gasteiger charge is 2.18. The monoisotopic (exact) mass is 598 g/mol. The molecule has 8 aromatic carbocycles. The predicted molar refractivity (Wildman–Crippen MR) is 196 cm³/mol. The first-order valence-electron chi connectivity index (χ1n) is 15.9. The van der Waals surface area contributed by atoms with E-state index in [1.807, 2.05) is 36.4 Å². The number of benzene rings is 8. The summed E-state index contributed by atoms with van der Waals surface area (Å²) in [6.45, 7) is 0. The first-order chi connectivity index (χ1) is 23.3. The van der Waals surface area contributed by atoms with E-state index in [0.717, 1.165) is 60.8 Å². The molecule has 0 saturated carbocycles. The van der Waals surface area contributed by atoms with E-state index in [4.69, 9.17) is 14.4 Å². The zero-order chi connectivity index (χ0) is 30.9. The topological polar surface area (TPSA) is 38.9 Å². The van der Waals surface area contributed by atoms with Crippen molar-refractivity contribution < 1.29 is 4.42 Å². The number of hydrogen-bond acceptors (Lipinski definition) is 3. The quantitative estimate of drug-likeness (QED) is 0.190. The Labute approximate surface area is 270 Å². The highest BCUT2D eigenvalue weighted by atomic mass is 16.3. The van der Waals surface area contributed by atoms with Crippen molar-refractivity contribution in [3.8, 4) is 33.9 Å². The van der Waals surface area contributed by atoms with E-state index in [2.05, 4.69) is 121 Å². The molecule has 3 nitrogen and oxygen atoms in total. The maximum atomic E-state index is 6.82. The third kappa shape index (κ3) is 4.00. The first-order valence-corrected chi connectivity index (χ1v) is 15.9. The summed E-state index contributed by atoms with van der Waals surface area (Å²) in [5.41, 5.74) is 6.78. The van der Waals surface area contributed by atoms with Crippen LogP contribution in [0.4, 0.5) is 0 Å². The first kappa shape index (κ1) is 26.0. The van der Waals surface area contributed by atoms with Crippen LogP contribution < -0.4 is 0 Å². The minimum absolute atomic E-state index is 0.713. The fourth-order valence-electron chi connectivity index (χ4n) is 7.23. The van der Waals surface area contributed by atoms with Crippen molar-refractivity contribution in [1.29, 1.82) is 0 Å². The Kier molecular flexibility index (Phi) is 5.57. The van der Waals surface area contributed by atoms with E-state index in [-0.39, 0.29) is 0 Å². The molecule has 0 bridgehead atoms. The minimum Gasteiger partial charge on any atom is -0.455 e. The molecule has 2 aromatic heterocycles. The molecule has 0 spiro atoms. The van der Waals surface area contributed by atoms with E-state index in [1.54, 1.807) is 0 Å². The van der Waals surface area contributed by atoms with Gasteiger partial charge in [0.1, 0.15) is 11.2 Å². The highest BCUT2D eigenvalue weighted by Crippen LogP contribution is 2.44. The molecular weight excluding hydrogens is 572 g/mol. The van der Waals surface area contributed by atoms with Gasteiger partial charge in [-0.3, -0.25) is 0 Å². The molecule has 0 radical (unpaired) electrons. The van der Waals surface area contributed by atoms with E-state index in [0.29, 0.717) is 5.82 Å². The van der Waals surface area contributed by atoms with Crippen molar-refractivity contribution in [2.24, 2.45) is 0 Å². The summed E-state index contributed by atoms with van der Waals surface area (Å²) in [4.78, 5) is 10.1. The highest BCUT2D eigenvalue weighted by molar-refractivity contribution is 6.33. The van der Waals surface area contributed by atoms with Crippen molar-refractivity contribution >= 4 is 65.0 Å². The number of fused-ring (bicyclic) bond motifs is 12. The van der Waals surface area contributed by atoms with Gasteiger partial charge in [0.2, 0.25) is 0 Å². The smallest absolute Gasteiger partial charge is 0.160 e. The lowest BCUT2D eigenvalue weighted by Gasteiger charge is -2.13. The Bertz CT molecular complexity index is 2760. The summed E-state index contributed by atoms with van der Waals surface area (Å²) < 4.78 is 6.82. The second kappa shape index (κ2) is 10.1. The standard InChI is InChI=1S/C44H26N2O/c1-3-12-28(13-4-1)39-26-40(46-44(45-39)29-14-5-2-6-15-29)30-20-21-33-35-23-24-37-36-22-19-27-11-7-8-16-31(27)42(36)47-43(37)41(35)34-18-10-9-17-32(34)38(33)25-30/h1-26H. The molecule has 2 heterocycles. The molecule has 218 valence electrons. The fraction of sp³-hybridized carbons (Fsp3) is 0. The summed E-state index contributed by atoms with van der Waals surface area (Å²) in [5.74, 6) is 0.713. The molecule has 47 heavy (non-hydrogen) atoms.